The zero-order valence-electron chi connectivity index (χ0n) is 13.1. The lowest BCUT2D eigenvalue weighted by molar-refractivity contribution is -0.0596. The summed E-state index contributed by atoms with van der Waals surface area (Å²) in [7, 11) is 2.10. The van der Waals surface area contributed by atoms with Gasteiger partial charge < -0.3 is 15.0 Å². The molecule has 1 aromatic rings. The monoisotopic (exact) mass is 287 g/mol. The van der Waals surface area contributed by atoms with Crippen molar-refractivity contribution >= 4 is 5.96 Å². The van der Waals surface area contributed by atoms with Crippen molar-refractivity contribution in [3.05, 3.63) is 35.4 Å². The summed E-state index contributed by atoms with van der Waals surface area (Å²) in [5.41, 5.74) is 2.53. The molecule has 0 amide bonds. The first-order valence-corrected chi connectivity index (χ1v) is 7.97. The minimum absolute atomic E-state index is 0.227. The van der Waals surface area contributed by atoms with Gasteiger partial charge in [0.2, 0.25) is 0 Å². The van der Waals surface area contributed by atoms with E-state index >= 15 is 0 Å². The molecule has 4 heteroatoms. The molecule has 2 heterocycles. The second-order valence-electron chi connectivity index (χ2n) is 5.94. The van der Waals surface area contributed by atoms with E-state index in [0.29, 0.717) is 0 Å². The van der Waals surface area contributed by atoms with Crippen LogP contribution in [0.25, 0.3) is 0 Å². The van der Waals surface area contributed by atoms with Gasteiger partial charge in [-0.1, -0.05) is 31.2 Å². The fourth-order valence-electron chi connectivity index (χ4n) is 3.31. The van der Waals surface area contributed by atoms with E-state index in [0.717, 1.165) is 51.5 Å². The van der Waals surface area contributed by atoms with Crippen LogP contribution in [0.1, 0.15) is 30.9 Å². The number of nitrogens with one attached hydrogen (secondary N) is 1. The number of guanidine groups is 1. The van der Waals surface area contributed by atoms with Crippen LogP contribution in [-0.2, 0) is 16.8 Å². The second kappa shape index (κ2) is 6.06. The van der Waals surface area contributed by atoms with Gasteiger partial charge in [0.05, 0.1) is 13.2 Å². The molecule has 0 radical (unpaired) electrons. The van der Waals surface area contributed by atoms with Crippen LogP contribution in [0.2, 0.25) is 0 Å². The molecule has 0 bridgehead atoms. The number of hydrogen-bond donors (Lipinski definition) is 1. The zero-order valence-corrected chi connectivity index (χ0v) is 13.1. The normalized spacial score (nSPS) is 25.2. The predicted octanol–water partition coefficient (Wildman–Crippen LogP) is 2.15. The third-order valence-electron chi connectivity index (χ3n) is 4.64. The number of benzene rings is 1. The van der Waals surface area contributed by atoms with Crippen LogP contribution >= 0.6 is 0 Å². The molecular weight excluding hydrogens is 262 g/mol. The third kappa shape index (κ3) is 2.77. The SMILES string of the molecule is CCC1(CNC2=NCCCN2C)OCCc2ccccc21. The number of rotatable bonds is 3. The number of aliphatic imine (C=N–C) groups is 1. The van der Waals surface area contributed by atoms with Crippen molar-refractivity contribution in [1.29, 1.82) is 0 Å². The van der Waals surface area contributed by atoms with Gasteiger partial charge in [-0.3, -0.25) is 4.99 Å². The van der Waals surface area contributed by atoms with E-state index in [-0.39, 0.29) is 5.60 Å². The molecule has 0 saturated carbocycles. The summed E-state index contributed by atoms with van der Waals surface area (Å²) < 4.78 is 6.23. The number of fused-ring (bicyclic) bond motifs is 1. The quantitative estimate of drug-likeness (QED) is 0.925. The maximum atomic E-state index is 6.23. The molecule has 0 saturated heterocycles. The van der Waals surface area contributed by atoms with Crippen molar-refractivity contribution in [2.24, 2.45) is 4.99 Å². The molecule has 0 aromatic heterocycles. The Morgan fingerprint density at radius 2 is 2.24 bits per heavy atom. The first-order valence-electron chi connectivity index (χ1n) is 7.97. The van der Waals surface area contributed by atoms with Crippen molar-refractivity contribution in [1.82, 2.24) is 10.2 Å². The number of hydrogen-bond acceptors (Lipinski definition) is 4. The van der Waals surface area contributed by atoms with Crippen LogP contribution < -0.4 is 5.32 Å². The molecule has 2 aliphatic heterocycles. The number of ether oxygens (including phenoxy) is 1. The van der Waals surface area contributed by atoms with Crippen molar-refractivity contribution in [3.63, 3.8) is 0 Å². The average Bonchev–Trinajstić information content (AvgIpc) is 2.54. The molecule has 1 unspecified atom stereocenters. The molecule has 3 rings (SSSR count). The molecule has 1 atom stereocenters. The average molecular weight is 287 g/mol. The Kier molecular flexibility index (Phi) is 4.15. The fourth-order valence-corrected chi connectivity index (χ4v) is 3.31. The lowest BCUT2D eigenvalue weighted by Crippen LogP contribution is -2.50. The smallest absolute Gasteiger partial charge is 0.193 e. The number of nitrogens with zero attached hydrogens (tertiary/aromatic N) is 2. The van der Waals surface area contributed by atoms with Gasteiger partial charge in [-0.2, -0.15) is 0 Å². The lowest BCUT2D eigenvalue weighted by Gasteiger charge is -2.40. The van der Waals surface area contributed by atoms with E-state index in [1.54, 1.807) is 0 Å². The maximum absolute atomic E-state index is 6.23. The topological polar surface area (TPSA) is 36.9 Å². The summed E-state index contributed by atoms with van der Waals surface area (Å²) in [6, 6.07) is 8.68. The molecule has 21 heavy (non-hydrogen) atoms. The van der Waals surface area contributed by atoms with Crippen molar-refractivity contribution in [2.75, 3.05) is 33.3 Å². The van der Waals surface area contributed by atoms with E-state index in [1.165, 1.54) is 11.1 Å². The summed E-state index contributed by atoms with van der Waals surface area (Å²) in [4.78, 5) is 6.79. The molecule has 1 N–H and O–H groups in total. The first kappa shape index (κ1) is 14.4. The minimum Gasteiger partial charge on any atom is -0.368 e. The highest BCUT2D eigenvalue weighted by Gasteiger charge is 2.36. The highest BCUT2D eigenvalue weighted by Crippen LogP contribution is 2.35. The lowest BCUT2D eigenvalue weighted by atomic mass is 9.84. The van der Waals surface area contributed by atoms with Gasteiger partial charge in [0.25, 0.3) is 0 Å². The Morgan fingerprint density at radius 3 is 3.05 bits per heavy atom. The van der Waals surface area contributed by atoms with E-state index in [9.17, 15) is 0 Å². The fraction of sp³-hybridized carbons (Fsp3) is 0.588. The summed E-state index contributed by atoms with van der Waals surface area (Å²) >= 11 is 0. The van der Waals surface area contributed by atoms with Gasteiger partial charge >= 0.3 is 0 Å². The van der Waals surface area contributed by atoms with Gasteiger partial charge in [-0.25, -0.2) is 0 Å². The van der Waals surface area contributed by atoms with Crippen LogP contribution in [0.15, 0.2) is 29.3 Å². The Balaban J connectivity index is 1.80. The van der Waals surface area contributed by atoms with Crippen molar-refractivity contribution < 1.29 is 4.74 Å². The van der Waals surface area contributed by atoms with E-state index < -0.39 is 0 Å². The molecule has 114 valence electrons. The minimum atomic E-state index is -0.227. The zero-order chi connectivity index (χ0) is 14.7. The van der Waals surface area contributed by atoms with Crippen LogP contribution in [-0.4, -0.2) is 44.1 Å². The van der Waals surface area contributed by atoms with Crippen molar-refractivity contribution in [3.8, 4) is 0 Å². The Morgan fingerprint density at radius 1 is 1.38 bits per heavy atom. The van der Waals surface area contributed by atoms with Crippen LogP contribution in [0.4, 0.5) is 0 Å². The molecule has 0 spiro atoms. The Bertz CT molecular complexity index is 529. The molecular formula is C17H25N3O. The van der Waals surface area contributed by atoms with Gasteiger partial charge in [0.15, 0.2) is 5.96 Å². The van der Waals surface area contributed by atoms with Gasteiger partial charge in [-0.15, -0.1) is 0 Å². The standard InChI is InChI=1S/C17H25N3O/c1-3-17(13-19-16-18-10-6-11-20(16)2)15-8-5-4-7-14(15)9-12-21-17/h4-5,7-8H,3,6,9-13H2,1-2H3,(H,18,19). The molecule has 0 fully saturated rings. The Hall–Kier alpha value is -1.55. The summed E-state index contributed by atoms with van der Waals surface area (Å²) in [6.45, 7) is 5.78. The highest BCUT2D eigenvalue weighted by molar-refractivity contribution is 5.80. The molecule has 0 aliphatic carbocycles. The predicted molar refractivity (Wildman–Crippen MR) is 85.6 cm³/mol. The molecule has 4 nitrogen and oxygen atoms in total. The van der Waals surface area contributed by atoms with Crippen molar-refractivity contribution in [2.45, 2.75) is 31.8 Å². The van der Waals surface area contributed by atoms with E-state index in [2.05, 4.69) is 53.4 Å². The maximum Gasteiger partial charge on any atom is 0.193 e. The third-order valence-corrected chi connectivity index (χ3v) is 4.64. The second-order valence-corrected chi connectivity index (χ2v) is 5.94. The highest BCUT2D eigenvalue weighted by atomic mass is 16.5. The first-order chi connectivity index (χ1) is 10.2. The molecule has 2 aliphatic rings. The van der Waals surface area contributed by atoms with Gasteiger partial charge in [-0.05, 0) is 30.4 Å². The van der Waals surface area contributed by atoms with Crippen LogP contribution in [0.5, 0.6) is 0 Å². The summed E-state index contributed by atoms with van der Waals surface area (Å²) in [5, 5.41) is 3.52. The van der Waals surface area contributed by atoms with Crippen LogP contribution in [0, 0.1) is 0 Å². The van der Waals surface area contributed by atoms with E-state index in [1.807, 2.05) is 0 Å². The van der Waals surface area contributed by atoms with Gasteiger partial charge in [0, 0.05) is 20.1 Å². The summed E-state index contributed by atoms with van der Waals surface area (Å²) in [6.07, 6.45) is 3.12. The molecule has 1 aromatic carbocycles. The Labute approximate surface area is 127 Å². The summed E-state index contributed by atoms with van der Waals surface area (Å²) in [5.74, 6) is 1.00. The largest absolute Gasteiger partial charge is 0.368 e. The van der Waals surface area contributed by atoms with Crippen LogP contribution in [0.3, 0.4) is 0 Å². The van der Waals surface area contributed by atoms with Gasteiger partial charge in [0.1, 0.15) is 5.60 Å². The van der Waals surface area contributed by atoms with E-state index in [4.69, 9.17) is 4.74 Å².